The molecule has 220 valence electrons. The quantitative estimate of drug-likeness (QED) is 0.189. The molecule has 0 amide bonds. The fourth-order valence-electron chi connectivity index (χ4n) is 7.41. The largest absolute Gasteiger partial charge is 0.456 e. The Morgan fingerprint density at radius 1 is 0.383 bits per heavy atom. The minimum atomic E-state index is -0.0369. The normalized spacial score (nSPS) is 11.9. The highest BCUT2D eigenvalue weighted by Gasteiger charge is 2.21. The molecule has 3 aromatic heterocycles. The van der Waals surface area contributed by atoms with Crippen molar-refractivity contribution >= 4 is 65.6 Å². The number of fused-ring (bicyclic) bond motifs is 9. The highest BCUT2D eigenvalue weighted by molar-refractivity contribution is 6.23. The van der Waals surface area contributed by atoms with Crippen LogP contribution in [0.3, 0.4) is 0 Å². The first kappa shape index (κ1) is 25.9. The molecular weight excluding hydrogens is 576 g/mol. The Bertz CT molecular complexity index is 2910. The summed E-state index contributed by atoms with van der Waals surface area (Å²) in [5.74, 6) is 0. The van der Waals surface area contributed by atoms with Crippen LogP contribution in [0.1, 0.15) is 0 Å². The molecular formula is C43H26N2O2. The molecule has 0 bridgehead atoms. The molecule has 0 aliphatic heterocycles. The maximum Gasteiger partial charge on any atom is 0.200 e. The number of hydrogen-bond donors (Lipinski definition) is 0. The summed E-state index contributed by atoms with van der Waals surface area (Å²) in [6, 6.07) is 54.1. The minimum Gasteiger partial charge on any atom is -0.456 e. The number of benzene rings is 7. The molecule has 3 heterocycles. The molecule has 10 aromatic rings. The lowest BCUT2D eigenvalue weighted by Crippen LogP contribution is -2.04. The Kier molecular flexibility index (Phi) is 5.40. The van der Waals surface area contributed by atoms with E-state index in [4.69, 9.17) is 4.42 Å². The first-order valence-corrected chi connectivity index (χ1v) is 15.8. The monoisotopic (exact) mass is 602 g/mol. The van der Waals surface area contributed by atoms with Crippen molar-refractivity contribution in [2.45, 2.75) is 0 Å². The second kappa shape index (κ2) is 9.80. The maximum absolute atomic E-state index is 14.2. The molecule has 4 nitrogen and oxygen atoms in total. The van der Waals surface area contributed by atoms with Gasteiger partial charge in [0.15, 0.2) is 0 Å². The molecule has 0 aliphatic rings. The van der Waals surface area contributed by atoms with Crippen LogP contribution in [-0.2, 0) is 0 Å². The molecule has 0 N–H and O–H groups in total. The van der Waals surface area contributed by atoms with Crippen molar-refractivity contribution in [2.75, 3.05) is 0 Å². The van der Waals surface area contributed by atoms with Crippen LogP contribution in [0.2, 0.25) is 0 Å². The number of rotatable bonds is 3. The first-order valence-electron chi connectivity index (χ1n) is 15.8. The second-order valence-corrected chi connectivity index (χ2v) is 12.1. The Labute approximate surface area is 268 Å². The van der Waals surface area contributed by atoms with Gasteiger partial charge in [-0.15, -0.1) is 0 Å². The third kappa shape index (κ3) is 3.73. The molecule has 0 unspecified atom stereocenters. The van der Waals surface area contributed by atoms with Gasteiger partial charge < -0.3 is 13.6 Å². The standard InChI is InChI=1S/C43H26N2O2/c46-43-35-25-28(27-11-3-1-4-12-27)19-23-39(35)47-40-24-20-30(26-36(40)43)45-38-18-10-8-16-32(38)34-22-21-33-31-15-7-9-17-37(31)44(41(33)42(34)45)29-13-5-2-6-14-29/h1-26H. The van der Waals surface area contributed by atoms with Crippen LogP contribution in [0.4, 0.5) is 0 Å². The Morgan fingerprint density at radius 3 is 1.57 bits per heavy atom. The molecule has 4 heteroatoms. The number of para-hydroxylation sites is 3. The average molecular weight is 603 g/mol. The van der Waals surface area contributed by atoms with Crippen molar-refractivity contribution in [2.24, 2.45) is 0 Å². The molecule has 0 aliphatic carbocycles. The van der Waals surface area contributed by atoms with E-state index in [1.807, 2.05) is 48.5 Å². The van der Waals surface area contributed by atoms with Gasteiger partial charge in [-0.1, -0.05) is 103 Å². The van der Waals surface area contributed by atoms with Gasteiger partial charge in [-0.25, -0.2) is 0 Å². The van der Waals surface area contributed by atoms with Crippen molar-refractivity contribution < 1.29 is 4.42 Å². The van der Waals surface area contributed by atoms with E-state index in [9.17, 15) is 4.79 Å². The van der Waals surface area contributed by atoms with E-state index in [0.29, 0.717) is 21.9 Å². The van der Waals surface area contributed by atoms with Crippen LogP contribution >= 0.6 is 0 Å². The highest BCUT2D eigenvalue weighted by Crippen LogP contribution is 2.41. The van der Waals surface area contributed by atoms with Crippen molar-refractivity contribution in [1.29, 1.82) is 0 Å². The Balaban J connectivity index is 1.32. The zero-order valence-corrected chi connectivity index (χ0v) is 25.2. The zero-order valence-electron chi connectivity index (χ0n) is 25.2. The van der Waals surface area contributed by atoms with E-state index >= 15 is 0 Å². The van der Waals surface area contributed by atoms with Gasteiger partial charge >= 0.3 is 0 Å². The van der Waals surface area contributed by atoms with E-state index in [-0.39, 0.29) is 5.43 Å². The molecule has 0 saturated heterocycles. The van der Waals surface area contributed by atoms with Crippen LogP contribution < -0.4 is 5.43 Å². The lowest BCUT2D eigenvalue weighted by molar-refractivity contribution is 0.660. The van der Waals surface area contributed by atoms with E-state index < -0.39 is 0 Å². The lowest BCUT2D eigenvalue weighted by Gasteiger charge is -2.13. The summed E-state index contributed by atoms with van der Waals surface area (Å²) in [7, 11) is 0. The van der Waals surface area contributed by atoms with E-state index in [1.54, 1.807) is 0 Å². The molecule has 0 saturated carbocycles. The number of hydrogen-bond acceptors (Lipinski definition) is 2. The molecule has 7 aromatic carbocycles. The third-order valence-electron chi connectivity index (χ3n) is 9.50. The molecule has 0 radical (unpaired) electrons. The van der Waals surface area contributed by atoms with Crippen molar-refractivity contribution in [1.82, 2.24) is 9.13 Å². The first-order chi connectivity index (χ1) is 23.2. The number of aromatic nitrogens is 2. The number of nitrogens with zero attached hydrogens (tertiary/aromatic N) is 2. The summed E-state index contributed by atoms with van der Waals surface area (Å²) in [5.41, 5.74) is 9.63. The molecule has 10 rings (SSSR count). The Morgan fingerprint density at radius 2 is 0.915 bits per heavy atom. The maximum atomic E-state index is 14.2. The topological polar surface area (TPSA) is 40.1 Å². The summed E-state index contributed by atoms with van der Waals surface area (Å²) >= 11 is 0. The second-order valence-electron chi connectivity index (χ2n) is 12.1. The summed E-state index contributed by atoms with van der Waals surface area (Å²) in [5, 5.41) is 5.83. The lowest BCUT2D eigenvalue weighted by atomic mass is 10.0. The van der Waals surface area contributed by atoms with E-state index in [2.05, 4.69) is 118 Å². The zero-order chi connectivity index (χ0) is 31.1. The van der Waals surface area contributed by atoms with Crippen molar-refractivity contribution in [3.63, 3.8) is 0 Å². The highest BCUT2D eigenvalue weighted by atomic mass is 16.3. The van der Waals surface area contributed by atoms with Gasteiger partial charge in [0.25, 0.3) is 0 Å². The SMILES string of the molecule is O=c1c2cc(-c3ccccc3)ccc2oc2ccc(-n3c4ccccc4c4ccc5c6ccccc6n(-c6ccccc6)c5c43)cc12. The van der Waals surface area contributed by atoms with Crippen LogP contribution in [0, 0.1) is 0 Å². The van der Waals surface area contributed by atoms with Crippen molar-refractivity contribution in [3.05, 3.63) is 168 Å². The van der Waals surface area contributed by atoms with Gasteiger partial charge in [0.2, 0.25) is 5.43 Å². The summed E-state index contributed by atoms with van der Waals surface area (Å²) in [6.07, 6.45) is 0. The van der Waals surface area contributed by atoms with Gasteiger partial charge in [-0.2, -0.15) is 0 Å². The van der Waals surface area contributed by atoms with Gasteiger partial charge in [0.05, 0.1) is 32.8 Å². The van der Waals surface area contributed by atoms with Crippen LogP contribution in [0.15, 0.2) is 167 Å². The van der Waals surface area contributed by atoms with Crippen molar-refractivity contribution in [3.8, 4) is 22.5 Å². The molecule has 47 heavy (non-hydrogen) atoms. The fourth-order valence-corrected chi connectivity index (χ4v) is 7.41. The summed E-state index contributed by atoms with van der Waals surface area (Å²) in [4.78, 5) is 14.2. The van der Waals surface area contributed by atoms with Crippen LogP contribution in [0.25, 0.3) is 88.1 Å². The van der Waals surface area contributed by atoms with Gasteiger partial charge in [-0.3, -0.25) is 4.79 Å². The predicted octanol–water partition coefficient (Wildman–Crippen LogP) is 10.8. The Hall–Kier alpha value is -6.39. The fraction of sp³-hybridized carbons (Fsp3) is 0. The predicted molar refractivity (Wildman–Crippen MR) is 194 cm³/mol. The van der Waals surface area contributed by atoms with Gasteiger partial charge in [0, 0.05) is 32.9 Å². The van der Waals surface area contributed by atoms with E-state index in [1.165, 1.54) is 10.8 Å². The molecule has 0 atom stereocenters. The van der Waals surface area contributed by atoms with Gasteiger partial charge in [-0.05, 0) is 65.7 Å². The molecule has 0 spiro atoms. The minimum absolute atomic E-state index is 0.0369. The van der Waals surface area contributed by atoms with Gasteiger partial charge in [0.1, 0.15) is 11.2 Å². The average Bonchev–Trinajstić information content (AvgIpc) is 3.65. The van der Waals surface area contributed by atoms with Crippen LogP contribution in [0.5, 0.6) is 0 Å². The smallest absolute Gasteiger partial charge is 0.200 e. The van der Waals surface area contributed by atoms with Crippen LogP contribution in [-0.4, -0.2) is 9.13 Å². The summed E-state index contributed by atoms with van der Waals surface area (Å²) < 4.78 is 11.0. The molecule has 0 fully saturated rings. The summed E-state index contributed by atoms with van der Waals surface area (Å²) in [6.45, 7) is 0. The van der Waals surface area contributed by atoms with E-state index in [0.717, 1.165) is 55.3 Å². The third-order valence-corrected chi connectivity index (χ3v) is 9.50.